The zero-order valence-corrected chi connectivity index (χ0v) is 18.1. The van der Waals surface area contributed by atoms with E-state index in [0.29, 0.717) is 17.6 Å². The summed E-state index contributed by atoms with van der Waals surface area (Å²) in [5.41, 5.74) is 3.48. The maximum atomic E-state index is 13.1. The van der Waals surface area contributed by atoms with Crippen LogP contribution in [0.2, 0.25) is 0 Å². The van der Waals surface area contributed by atoms with Gasteiger partial charge < -0.3 is 13.9 Å². The van der Waals surface area contributed by atoms with Gasteiger partial charge >= 0.3 is 0 Å². The summed E-state index contributed by atoms with van der Waals surface area (Å²) in [6.45, 7) is 6.62. The summed E-state index contributed by atoms with van der Waals surface area (Å²) < 4.78 is 22.3. The fourth-order valence-corrected chi connectivity index (χ4v) is 4.35. The molecule has 3 rings (SSSR count). The Labute approximate surface area is 174 Å². The van der Waals surface area contributed by atoms with Crippen LogP contribution in [0.15, 0.2) is 35.5 Å². The Morgan fingerprint density at radius 3 is 2.59 bits per heavy atom. The molecule has 6 nitrogen and oxygen atoms in total. The molecule has 0 spiro atoms. The molecule has 0 aliphatic rings. The fourth-order valence-electron chi connectivity index (χ4n) is 3.55. The SMILES string of the molecule is COC[C@H](C)n1c(C)cc(C(=O)CSc2nnc(-c3ccc(F)cc3)n2C)c1C. The molecule has 0 unspecified atom stereocenters. The van der Waals surface area contributed by atoms with Gasteiger partial charge in [-0.3, -0.25) is 4.79 Å². The number of carbonyl (C=O) groups is 1. The molecule has 1 aromatic carbocycles. The van der Waals surface area contributed by atoms with Gasteiger partial charge in [0.2, 0.25) is 0 Å². The zero-order valence-electron chi connectivity index (χ0n) is 17.3. The van der Waals surface area contributed by atoms with E-state index in [1.807, 2.05) is 31.5 Å². The molecule has 0 radical (unpaired) electrons. The average Bonchev–Trinajstić information content (AvgIpc) is 3.20. The average molecular weight is 417 g/mol. The predicted octanol–water partition coefficient (Wildman–Crippen LogP) is 4.22. The molecule has 3 aromatic rings. The first-order valence-corrected chi connectivity index (χ1v) is 10.3. The second kappa shape index (κ2) is 8.92. The normalized spacial score (nSPS) is 12.3. The number of halogens is 1. The number of methoxy groups -OCH3 is 1. The second-order valence-corrected chi connectivity index (χ2v) is 7.99. The van der Waals surface area contributed by atoms with Crippen molar-refractivity contribution >= 4 is 17.5 Å². The Hall–Kier alpha value is -2.45. The van der Waals surface area contributed by atoms with Crippen LogP contribution in [-0.4, -0.2) is 44.6 Å². The second-order valence-electron chi connectivity index (χ2n) is 7.04. The highest BCUT2D eigenvalue weighted by molar-refractivity contribution is 7.99. The molecule has 2 aromatic heterocycles. The third kappa shape index (κ3) is 4.43. The lowest BCUT2D eigenvalue weighted by atomic mass is 10.2. The molecule has 0 N–H and O–H groups in total. The Morgan fingerprint density at radius 1 is 1.24 bits per heavy atom. The molecule has 0 bridgehead atoms. The van der Waals surface area contributed by atoms with Gasteiger partial charge in [-0.15, -0.1) is 10.2 Å². The highest BCUT2D eigenvalue weighted by atomic mass is 32.2. The van der Waals surface area contributed by atoms with Crippen molar-refractivity contribution in [3.63, 3.8) is 0 Å². The number of carbonyl (C=O) groups excluding carboxylic acids is 1. The first-order valence-electron chi connectivity index (χ1n) is 9.32. The minimum atomic E-state index is -0.298. The van der Waals surface area contributed by atoms with E-state index in [1.165, 1.54) is 23.9 Å². The summed E-state index contributed by atoms with van der Waals surface area (Å²) in [4.78, 5) is 12.8. The number of hydrogen-bond acceptors (Lipinski definition) is 5. The number of aryl methyl sites for hydroxylation is 1. The summed E-state index contributed by atoms with van der Waals surface area (Å²) in [7, 11) is 3.51. The molecule has 0 saturated carbocycles. The minimum Gasteiger partial charge on any atom is -0.383 e. The van der Waals surface area contributed by atoms with E-state index in [1.54, 1.807) is 19.2 Å². The molecule has 154 valence electrons. The van der Waals surface area contributed by atoms with Gasteiger partial charge in [0.1, 0.15) is 5.82 Å². The summed E-state index contributed by atoms with van der Waals surface area (Å²) in [5.74, 6) is 0.642. The maximum Gasteiger partial charge on any atom is 0.191 e. The largest absolute Gasteiger partial charge is 0.383 e. The Kier molecular flexibility index (Phi) is 6.54. The van der Waals surface area contributed by atoms with Crippen LogP contribution in [0.25, 0.3) is 11.4 Å². The van der Waals surface area contributed by atoms with Gasteiger partial charge in [0.15, 0.2) is 16.8 Å². The van der Waals surface area contributed by atoms with Crippen molar-refractivity contribution in [2.75, 3.05) is 19.5 Å². The van der Waals surface area contributed by atoms with Crippen molar-refractivity contribution in [2.45, 2.75) is 32.0 Å². The molecule has 0 amide bonds. The third-order valence-corrected chi connectivity index (χ3v) is 5.92. The van der Waals surface area contributed by atoms with E-state index in [9.17, 15) is 9.18 Å². The van der Waals surface area contributed by atoms with Crippen molar-refractivity contribution in [2.24, 2.45) is 7.05 Å². The molecule has 0 aliphatic carbocycles. The number of ketones is 1. The first kappa shape index (κ1) is 21.3. The first-order chi connectivity index (χ1) is 13.8. The lowest BCUT2D eigenvalue weighted by molar-refractivity contribution is 0.102. The number of aromatic nitrogens is 4. The molecule has 8 heteroatoms. The zero-order chi connectivity index (χ0) is 21.1. The van der Waals surface area contributed by atoms with Crippen LogP contribution < -0.4 is 0 Å². The van der Waals surface area contributed by atoms with Crippen LogP contribution in [0.5, 0.6) is 0 Å². The Bertz CT molecular complexity index is 1010. The molecule has 0 saturated heterocycles. The summed E-state index contributed by atoms with van der Waals surface area (Å²) >= 11 is 1.34. The minimum absolute atomic E-state index is 0.0466. The van der Waals surface area contributed by atoms with Crippen LogP contribution in [0.4, 0.5) is 4.39 Å². The molecule has 0 aliphatic heterocycles. The lowest BCUT2D eigenvalue weighted by Crippen LogP contribution is -2.14. The fraction of sp³-hybridized carbons (Fsp3) is 0.381. The quantitative estimate of drug-likeness (QED) is 0.406. The Morgan fingerprint density at radius 2 is 1.93 bits per heavy atom. The van der Waals surface area contributed by atoms with Gasteiger partial charge in [0.25, 0.3) is 0 Å². The van der Waals surface area contributed by atoms with Gasteiger partial charge in [-0.05, 0) is 51.1 Å². The van der Waals surface area contributed by atoms with E-state index in [0.717, 1.165) is 22.5 Å². The monoisotopic (exact) mass is 416 g/mol. The van der Waals surface area contributed by atoms with Gasteiger partial charge in [-0.2, -0.15) is 0 Å². The highest BCUT2D eigenvalue weighted by Gasteiger charge is 2.20. The van der Waals surface area contributed by atoms with Crippen LogP contribution in [0.3, 0.4) is 0 Å². The highest BCUT2D eigenvalue weighted by Crippen LogP contribution is 2.26. The molecule has 1 atom stereocenters. The van der Waals surface area contributed by atoms with Crippen LogP contribution in [0.1, 0.15) is 34.7 Å². The van der Waals surface area contributed by atoms with Crippen molar-refractivity contribution in [1.29, 1.82) is 0 Å². The van der Waals surface area contributed by atoms with Gasteiger partial charge in [0, 0.05) is 36.7 Å². The van der Waals surface area contributed by atoms with E-state index in [4.69, 9.17) is 4.74 Å². The predicted molar refractivity (Wildman–Crippen MR) is 112 cm³/mol. The van der Waals surface area contributed by atoms with E-state index >= 15 is 0 Å². The van der Waals surface area contributed by atoms with Crippen molar-refractivity contribution in [3.8, 4) is 11.4 Å². The number of Topliss-reactive ketones (excluding diaryl/α,β-unsaturated/α-hetero) is 1. The standard InChI is InChI=1S/C21H25FN4O2S/c1-13-10-18(15(3)26(13)14(2)11-28-5)19(27)12-29-21-24-23-20(25(21)4)16-6-8-17(22)9-7-16/h6-10,14H,11-12H2,1-5H3/t14-/m0/s1. The number of benzene rings is 1. The van der Waals surface area contributed by atoms with Gasteiger partial charge in [-0.1, -0.05) is 11.8 Å². The van der Waals surface area contributed by atoms with E-state index < -0.39 is 0 Å². The topological polar surface area (TPSA) is 61.9 Å². The van der Waals surface area contributed by atoms with E-state index in [-0.39, 0.29) is 23.4 Å². The van der Waals surface area contributed by atoms with Crippen LogP contribution >= 0.6 is 11.8 Å². The number of ether oxygens (including phenoxy) is 1. The van der Waals surface area contributed by atoms with Crippen molar-refractivity contribution < 1.29 is 13.9 Å². The maximum absolute atomic E-state index is 13.1. The van der Waals surface area contributed by atoms with E-state index in [2.05, 4.69) is 21.7 Å². The molecule has 0 fully saturated rings. The van der Waals surface area contributed by atoms with Crippen LogP contribution in [0, 0.1) is 19.7 Å². The van der Waals surface area contributed by atoms with Crippen molar-refractivity contribution in [1.82, 2.24) is 19.3 Å². The number of hydrogen-bond donors (Lipinski definition) is 0. The molecular weight excluding hydrogens is 391 g/mol. The lowest BCUT2D eigenvalue weighted by Gasteiger charge is -2.17. The van der Waals surface area contributed by atoms with Crippen LogP contribution in [-0.2, 0) is 11.8 Å². The van der Waals surface area contributed by atoms with Crippen molar-refractivity contribution in [3.05, 3.63) is 53.1 Å². The van der Waals surface area contributed by atoms with Gasteiger partial charge in [0.05, 0.1) is 18.4 Å². The number of thioether (sulfide) groups is 1. The third-order valence-electron chi connectivity index (χ3n) is 4.90. The molecule has 2 heterocycles. The smallest absolute Gasteiger partial charge is 0.191 e. The molecule has 29 heavy (non-hydrogen) atoms. The number of nitrogens with zero attached hydrogens (tertiary/aromatic N) is 4. The summed E-state index contributed by atoms with van der Waals surface area (Å²) in [6, 6.07) is 8.20. The molecular formula is C21H25FN4O2S. The summed E-state index contributed by atoms with van der Waals surface area (Å²) in [5, 5.41) is 9.01. The Balaban J connectivity index is 1.73. The van der Waals surface area contributed by atoms with Gasteiger partial charge in [-0.25, -0.2) is 4.39 Å². The number of rotatable bonds is 8. The summed E-state index contributed by atoms with van der Waals surface area (Å²) in [6.07, 6.45) is 0.